The number of likely N-dealkylation sites (N-methyl/N-ethyl adjacent to an activating group) is 1. The van der Waals surface area contributed by atoms with Crippen LogP contribution in [0.3, 0.4) is 0 Å². The van der Waals surface area contributed by atoms with Gasteiger partial charge in [-0.2, -0.15) is 0 Å². The summed E-state index contributed by atoms with van der Waals surface area (Å²) in [5.41, 5.74) is 6.43. The van der Waals surface area contributed by atoms with Gasteiger partial charge in [0.1, 0.15) is 0 Å². The predicted molar refractivity (Wildman–Crippen MR) is 63.0 cm³/mol. The molecule has 2 fully saturated rings. The van der Waals surface area contributed by atoms with Gasteiger partial charge in [0.25, 0.3) is 0 Å². The molecule has 0 aromatic carbocycles. The average Bonchev–Trinajstić information content (AvgIpc) is 2.22. The highest BCUT2D eigenvalue weighted by Crippen LogP contribution is 2.15. The second-order valence-electron chi connectivity index (χ2n) is 5.22. The van der Waals surface area contributed by atoms with Crippen molar-refractivity contribution in [3.05, 3.63) is 0 Å². The first-order valence-corrected chi connectivity index (χ1v) is 6.08. The van der Waals surface area contributed by atoms with Crippen molar-refractivity contribution in [2.75, 3.05) is 52.9 Å². The Morgan fingerprint density at radius 1 is 1.27 bits per heavy atom. The molecule has 3 N–H and O–H groups in total. The van der Waals surface area contributed by atoms with Gasteiger partial charge in [-0.15, -0.1) is 0 Å². The Hall–Kier alpha value is -0.160. The number of nitrogens with zero attached hydrogens (tertiary/aromatic N) is 2. The number of rotatable bonds is 2. The van der Waals surface area contributed by atoms with Crippen LogP contribution in [0.5, 0.6) is 0 Å². The molecule has 4 nitrogen and oxygen atoms in total. The van der Waals surface area contributed by atoms with Crippen LogP contribution in [0, 0.1) is 0 Å². The fourth-order valence-corrected chi connectivity index (χ4v) is 2.58. The Kier molecular flexibility index (Phi) is 3.61. The summed E-state index contributed by atoms with van der Waals surface area (Å²) in [4.78, 5) is 4.91. The molecule has 1 unspecified atom stereocenters. The number of nitrogens with two attached hydrogens (primary N) is 1. The van der Waals surface area contributed by atoms with E-state index in [4.69, 9.17) is 5.73 Å². The summed E-state index contributed by atoms with van der Waals surface area (Å²) in [7, 11) is 2.19. The molecule has 88 valence electrons. The summed E-state index contributed by atoms with van der Waals surface area (Å²) in [5, 5.41) is 3.41. The second kappa shape index (κ2) is 4.78. The van der Waals surface area contributed by atoms with Crippen LogP contribution in [0.2, 0.25) is 0 Å². The first-order valence-electron chi connectivity index (χ1n) is 6.08. The molecule has 2 saturated heterocycles. The van der Waals surface area contributed by atoms with Crippen molar-refractivity contribution in [1.29, 1.82) is 0 Å². The summed E-state index contributed by atoms with van der Waals surface area (Å²) in [6.07, 6.45) is 2.40. The zero-order valence-electron chi connectivity index (χ0n) is 9.84. The summed E-state index contributed by atoms with van der Waals surface area (Å²) < 4.78 is 0. The third kappa shape index (κ3) is 3.14. The van der Waals surface area contributed by atoms with Crippen molar-refractivity contribution in [3.63, 3.8) is 0 Å². The zero-order chi connectivity index (χ0) is 10.7. The van der Waals surface area contributed by atoms with Gasteiger partial charge in [0.05, 0.1) is 0 Å². The minimum Gasteiger partial charge on any atom is -0.323 e. The first-order chi connectivity index (χ1) is 7.18. The SMILES string of the molecule is CN1CCN(CC2(N)CCCNC2)CC1. The molecule has 1 atom stereocenters. The lowest BCUT2D eigenvalue weighted by Crippen LogP contribution is -2.61. The van der Waals surface area contributed by atoms with Crippen LogP contribution in [0.4, 0.5) is 0 Å². The number of hydrogen-bond donors (Lipinski definition) is 2. The van der Waals surface area contributed by atoms with Gasteiger partial charge in [0, 0.05) is 44.8 Å². The Morgan fingerprint density at radius 3 is 2.60 bits per heavy atom. The lowest BCUT2D eigenvalue weighted by molar-refractivity contribution is 0.117. The Labute approximate surface area is 92.8 Å². The van der Waals surface area contributed by atoms with E-state index in [0.29, 0.717) is 0 Å². The van der Waals surface area contributed by atoms with E-state index in [1.807, 2.05) is 0 Å². The van der Waals surface area contributed by atoms with E-state index < -0.39 is 0 Å². The number of hydrogen-bond acceptors (Lipinski definition) is 4. The van der Waals surface area contributed by atoms with Gasteiger partial charge in [0.2, 0.25) is 0 Å². The largest absolute Gasteiger partial charge is 0.323 e. The van der Waals surface area contributed by atoms with Crippen LogP contribution in [0.1, 0.15) is 12.8 Å². The average molecular weight is 212 g/mol. The predicted octanol–water partition coefficient (Wildman–Crippen LogP) is -0.685. The van der Waals surface area contributed by atoms with Gasteiger partial charge in [0.15, 0.2) is 0 Å². The van der Waals surface area contributed by atoms with Crippen molar-refractivity contribution >= 4 is 0 Å². The molecule has 4 heteroatoms. The quantitative estimate of drug-likeness (QED) is 0.636. The number of piperazine rings is 1. The molecule has 2 rings (SSSR count). The minimum atomic E-state index is 0.0220. The maximum absolute atomic E-state index is 6.41. The molecule has 2 aliphatic heterocycles. The van der Waals surface area contributed by atoms with Crippen molar-refractivity contribution < 1.29 is 0 Å². The van der Waals surface area contributed by atoms with E-state index in [2.05, 4.69) is 22.2 Å². The lowest BCUT2D eigenvalue weighted by Gasteiger charge is -2.41. The van der Waals surface area contributed by atoms with Crippen molar-refractivity contribution in [2.45, 2.75) is 18.4 Å². The van der Waals surface area contributed by atoms with E-state index >= 15 is 0 Å². The van der Waals surface area contributed by atoms with Gasteiger partial charge < -0.3 is 16.0 Å². The standard InChI is InChI=1S/C11H24N4/c1-14-5-7-15(8-6-14)10-11(12)3-2-4-13-9-11/h13H,2-10,12H2,1H3. The second-order valence-corrected chi connectivity index (χ2v) is 5.22. The topological polar surface area (TPSA) is 44.5 Å². The highest BCUT2D eigenvalue weighted by atomic mass is 15.3. The molecule has 0 bridgehead atoms. The minimum absolute atomic E-state index is 0.0220. The van der Waals surface area contributed by atoms with Gasteiger partial charge in [-0.25, -0.2) is 0 Å². The fourth-order valence-electron chi connectivity index (χ4n) is 2.58. The molecular weight excluding hydrogens is 188 g/mol. The maximum Gasteiger partial charge on any atom is 0.0410 e. The van der Waals surface area contributed by atoms with E-state index in [9.17, 15) is 0 Å². The van der Waals surface area contributed by atoms with Gasteiger partial charge in [-0.3, -0.25) is 4.90 Å². The van der Waals surface area contributed by atoms with E-state index in [-0.39, 0.29) is 5.54 Å². The molecule has 0 radical (unpaired) electrons. The third-order valence-electron chi connectivity index (χ3n) is 3.64. The highest BCUT2D eigenvalue weighted by Gasteiger charge is 2.30. The molecule has 0 spiro atoms. The highest BCUT2D eigenvalue weighted by molar-refractivity contribution is 4.93. The molecule has 0 aromatic rings. The van der Waals surface area contributed by atoms with E-state index in [0.717, 1.165) is 19.6 Å². The summed E-state index contributed by atoms with van der Waals surface area (Å²) in [5.74, 6) is 0. The summed E-state index contributed by atoms with van der Waals surface area (Å²) in [6.45, 7) is 7.91. The number of nitrogens with one attached hydrogen (secondary N) is 1. The summed E-state index contributed by atoms with van der Waals surface area (Å²) >= 11 is 0. The molecule has 2 heterocycles. The van der Waals surface area contributed by atoms with Crippen LogP contribution in [-0.4, -0.2) is 68.2 Å². The Balaban J connectivity index is 1.80. The van der Waals surface area contributed by atoms with Crippen molar-refractivity contribution in [1.82, 2.24) is 15.1 Å². The lowest BCUT2D eigenvalue weighted by atomic mass is 9.90. The van der Waals surface area contributed by atoms with Gasteiger partial charge in [-0.1, -0.05) is 0 Å². The molecule has 15 heavy (non-hydrogen) atoms. The molecule has 0 saturated carbocycles. The van der Waals surface area contributed by atoms with Gasteiger partial charge >= 0.3 is 0 Å². The molecule has 0 aliphatic carbocycles. The fraction of sp³-hybridized carbons (Fsp3) is 1.00. The van der Waals surface area contributed by atoms with Crippen LogP contribution < -0.4 is 11.1 Å². The van der Waals surface area contributed by atoms with Crippen LogP contribution in [0.25, 0.3) is 0 Å². The van der Waals surface area contributed by atoms with Crippen LogP contribution in [-0.2, 0) is 0 Å². The third-order valence-corrected chi connectivity index (χ3v) is 3.64. The van der Waals surface area contributed by atoms with Crippen LogP contribution >= 0.6 is 0 Å². The monoisotopic (exact) mass is 212 g/mol. The van der Waals surface area contributed by atoms with Crippen molar-refractivity contribution in [3.8, 4) is 0 Å². The zero-order valence-corrected chi connectivity index (χ0v) is 9.84. The summed E-state index contributed by atoms with van der Waals surface area (Å²) in [6, 6.07) is 0. The van der Waals surface area contributed by atoms with Crippen molar-refractivity contribution in [2.24, 2.45) is 5.73 Å². The van der Waals surface area contributed by atoms with Gasteiger partial charge in [-0.05, 0) is 26.4 Å². The Morgan fingerprint density at radius 2 is 2.00 bits per heavy atom. The Bertz CT molecular complexity index is 193. The van der Waals surface area contributed by atoms with E-state index in [1.54, 1.807) is 0 Å². The van der Waals surface area contributed by atoms with E-state index in [1.165, 1.54) is 39.0 Å². The molecule has 2 aliphatic rings. The smallest absolute Gasteiger partial charge is 0.0410 e. The normalized spacial score (nSPS) is 35.6. The maximum atomic E-state index is 6.41. The molecular formula is C11H24N4. The first kappa shape index (κ1) is 11.3. The molecule has 0 amide bonds. The molecule has 0 aromatic heterocycles. The number of piperidine rings is 1. The van der Waals surface area contributed by atoms with Crippen LogP contribution in [0.15, 0.2) is 0 Å².